The van der Waals surface area contributed by atoms with Crippen LogP contribution in [0.2, 0.25) is 0 Å². The zero-order chi connectivity index (χ0) is 35.5. The maximum Gasteiger partial charge on any atom is 0.187 e. The lowest BCUT2D eigenvalue weighted by Crippen LogP contribution is -2.03. The predicted octanol–water partition coefficient (Wildman–Crippen LogP) is 14.2. The van der Waals surface area contributed by atoms with Gasteiger partial charge in [0, 0.05) is 58.1 Å². The van der Waals surface area contributed by atoms with E-state index in [4.69, 9.17) is 11.6 Å². The summed E-state index contributed by atoms with van der Waals surface area (Å²) in [7, 11) is 0. The van der Waals surface area contributed by atoms with Crippen molar-refractivity contribution in [3.8, 4) is 22.6 Å². The second-order valence-electron chi connectivity index (χ2n) is 13.8. The van der Waals surface area contributed by atoms with Crippen LogP contribution in [0.15, 0.2) is 158 Å². The second kappa shape index (κ2) is 11.1. The van der Waals surface area contributed by atoms with Gasteiger partial charge in [0.05, 0.1) is 49.9 Å². The van der Waals surface area contributed by atoms with E-state index in [0.717, 1.165) is 33.7 Å². The summed E-state index contributed by atoms with van der Waals surface area (Å²) in [4.78, 5) is 9.24. The van der Waals surface area contributed by atoms with Crippen LogP contribution in [-0.4, -0.2) is 14.1 Å². The van der Waals surface area contributed by atoms with Crippen molar-refractivity contribution in [1.29, 1.82) is 0 Å². The summed E-state index contributed by atoms with van der Waals surface area (Å²) >= 11 is 3.69. The molecule has 5 aromatic heterocycles. The molecule has 5 heterocycles. The lowest BCUT2D eigenvalue weighted by atomic mass is 10.0. The molecule has 0 radical (unpaired) electrons. The Balaban J connectivity index is 1.23. The van der Waals surface area contributed by atoms with E-state index in [1.54, 1.807) is 0 Å². The monoisotopic (exact) mass is 722 g/mol. The summed E-state index contributed by atoms with van der Waals surface area (Å²) in [5, 5.41) is 9.88. The molecule has 6 heteroatoms. The summed E-state index contributed by atoms with van der Waals surface area (Å²) in [5.41, 5.74) is 8.15. The molecule has 0 saturated heterocycles. The number of thiophene rings is 2. The van der Waals surface area contributed by atoms with Crippen molar-refractivity contribution in [2.24, 2.45) is 0 Å². The Morgan fingerprint density at radius 2 is 1.02 bits per heavy atom. The fourth-order valence-corrected chi connectivity index (χ4v) is 11.1. The maximum absolute atomic E-state index is 7.92. The second-order valence-corrected chi connectivity index (χ2v) is 15.9. The molecule has 12 aromatic rings. The fraction of sp³-hybridized carbons (Fsp3) is 0. The molecule has 7 aromatic carbocycles. The molecule has 0 aliphatic heterocycles. The van der Waals surface area contributed by atoms with Crippen LogP contribution in [0.4, 0.5) is 5.69 Å². The molecule has 0 spiro atoms. The summed E-state index contributed by atoms with van der Waals surface area (Å²) < 4.78 is 9.82. The van der Waals surface area contributed by atoms with E-state index in [1.165, 1.54) is 72.9 Å². The van der Waals surface area contributed by atoms with Crippen LogP contribution in [0.25, 0.3) is 111 Å². The quantitative estimate of drug-likeness (QED) is 0.167. The van der Waals surface area contributed by atoms with Gasteiger partial charge in [-0.05, 0) is 42.0 Å². The number of fused-ring (bicyclic) bond motifs is 14. The molecule has 54 heavy (non-hydrogen) atoms. The van der Waals surface area contributed by atoms with Crippen LogP contribution in [0.1, 0.15) is 0 Å². The van der Waals surface area contributed by atoms with Crippen LogP contribution in [0.3, 0.4) is 0 Å². The van der Waals surface area contributed by atoms with Gasteiger partial charge >= 0.3 is 0 Å². The van der Waals surface area contributed by atoms with E-state index >= 15 is 0 Å². The number of para-hydroxylation sites is 2. The van der Waals surface area contributed by atoms with Crippen molar-refractivity contribution in [1.82, 2.24) is 14.1 Å². The Hall–Kier alpha value is -6.78. The smallest absolute Gasteiger partial charge is 0.187 e. The average molecular weight is 723 g/mol. The molecule has 4 nitrogen and oxygen atoms in total. The van der Waals surface area contributed by atoms with Gasteiger partial charge in [-0.1, -0.05) is 115 Å². The van der Waals surface area contributed by atoms with Crippen molar-refractivity contribution in [3.63, 3.8) is 0 Å². The minimum absolute atomic E-state index is 0.606. The van der Waals surface area contributed by atoms with Gasteiger partial charge in [-0.2, -0.15) is 0 Å². The third-order valence-electron chi connectivity index (χ3n) is 11.0. The number of benzene rings is 7. The normalized spacial score (nSPS) is 12.1. The van der Waals surface area contributed by atoms with E-state index in [0.29, 0.717) is 5.69 Å². The Kier molecular flexibility index (Phi) is 6.12. The summed E-state index contributed by atoms with van der Waals surface area (Å²) in [6, 6.07) is 54.1. The Morgan fingerprint density at radius 1 is 0.481 bits per heavy atom. The van der Waals surface area contributed by atoms with Gasteiger partial charge in [0.1, 0.15) is 5.82 Å². The predicted molar refractivity (Wildman–Crippen MR) is 230 cm³/mol. The van der Waals surface area contributed by atoms with E-state index in [2.05, 4.69) is 154 Å². The number of hydrogen-bond acceptors (Lipinski definition) is 3. The first kappa shape index (κ1) is 29.8. The van der Waals surface area contributed by atoms with Crippen LogP contribution >= 0.6 is 22.7 Å². The number of rotatable bonds is 3. The van der Waals surface area contributed by atoms with Crippen LogP contribution in [-0.2, 0) is 0 Å². The van der Waals surface area contributed by atoms with Gasteiger partial charge in [0.2, 0.25) is 0 Å². The number of aromatic nitrogens is 3. The van der Waals surface area contributed by atoms with Gasteiger partial charge in [0.25, 0.3) is 0 Å². The Morgan fingerprint density at radius 3 is 1.65 bits per heavy atom. The molecule has 0 aliphatic carbocycles. The van der Waals surface area contributed by atoms with Crippen molar-refractivity contribution in [2.75, 3.05) is 0 Å². The highest BCUT2D eigenvalue weighted by molar-refractivity contribution is 7.27. The Bertz CT molecular complexity index is 3590. The van der Waals surface area contributed by atoms with Gasteiger partial charge in [0.15, 0.2) is 5.69 Å². The highest BCUT2D eigenvalue weighted by Crippen LogP contribution is 2.46. The summed E-state index contributed by atoms with van der Waals surface area (Å²) in [6.45, 7) is 7.92. The van der Waals surface area contributed by atoms with Crippen molar-refractivity contribution >= 4 is 112 Å². The summed E-state index contributed by atoms with van der Waals surface area (Å²) in [6.07, 6.45) is 2.05. The molecule has 0 fully saturated rings. The van der Waals surface area contributed by atoms with E-state index < -0.39 is 0 Å². The first-order valence-electron chi connectivity index (χ1n) is 17.9. The van der Waals surface area contributed by atoms with E-state index in [1.807, 2.05) is 40.9 Å². The van der Waals surface area contributed by atoms with Gasteiger partial charge < -0.3 is 4.57 Å². The average Bonchev–Trinajstić information content (AvgIpc) is 3.98. The molecule has 250 valence electrons. The molecule has 0 unspecified atom stereocenters. The number of hydrogen-bond donors (Lipinski definition) is 0. The van der Waals surface area contributed by atoms with Crippen molar-refractivity contribution in [3.05, 3.63) is 169 Å². The van der Waals surface area contributed by atoms with Crippen LogP contribution in [0.5, 0.6) is 0 Å². The first-order valence-corrected chi connectivity index (χ1v) is 19.5. The highest BCUT2D eigenvalue weighted by Gasteiger charge is 2.23. The molecule has 12 rings (SSSR count). The minimum atomic E-state index is 0.606. The van der Waals surface area contributed by atoms with Gasteiger partial charge in [-0.15, -0.1) is 22.7 Å². The third-order valence-corrected chi connectivity index (χ3v) is 13.4. The molecular formula is C48H26N4S2. The number of pyridine rings is 1. The summed E-state index contributed by atoms with van der Waals surface area (Å²) in [5.74, 6) is 0.839. The SMILES string of the molecule is [C-]#[N+]c1cccc(-c2cc(-n3c4ccccc4c4ccc5c6ccccc6sc5c43)ncc2-n2c3ccccc3c3ccc4c5ccccc5sc4c32)c1. The standard InChI is InChI=1S/C48H26N4S2/c1-49-29-12-10-11-28(25-29)38-26-44(52-40-18-7-3-14-31(40)35-22-24-37-33-16-5-9-20-43(33)54-48(37)46(35)52)50-27-41(38)51-39-17-6-2-13-30(39)34-21-23-36-32-15-4-8-19-42(32)53-47(36)45(34)51/h2-27H. The van der Waals surface area contributed by atoms with E-state index in [9.17, 15) is 0 Å². The van der Waals surface area contributed by atoms with E-state index in [-0.39, 0.29) is 0 Å². The molecule has 0 amide bonds. The molecule has 0 atom stereocenters. The largest absolute Gasteiger partial charge is 0.306 e. The molecule has 0 aliphatic rings. The van der Waals surface area contributed by atoms with Crippen molar-refractivity contribution in [2.45, 2.75) is 0 Å². The molecule has 0 N–H and O–H groups in total. The zero-order valence-electron chi connectivity index (χ0n) is 28.6. The van der Waals surface area contributed by atoms with Gasteiger partial charge in [-0.3, -0.25) is 4.57 Å². The van der Waals surface area contributed by atoms with Gasteiger partial charge in [-0.25, -0.2) is 9.83 Å². The Labute approximate surface area is 316 Å². The topological polar surface area (TPSA) is 27.1 Å². The number of nitrogens with zero attached hydrogens (tertiary/aromatic N) is 4. The highest BCUT2D eigenvalue weighted by atomic mass is 32.1. The molecule has 0 saturated carbocycles. The molecular weight excluding hydrogens is 697 g/mol. The van der Waals surface area contributed by atoms with Crippen LogP contribution < -0.4 is 0 Å². The van der Waals surface area contributed by atoms with Crippen LogP contribution in [0, 0.1) is 6.57 Å². The maximum atomic E-state index is 7.92. The molecule has 0 bridgehead atoms. The minimum Gasteiger partial charge on any atom is -0.306 e. The third kappa shape index (κ3) is 4.02. The lowest BCUT2D eigenvalue weighted by Gasteiger charge is -2.17. The van der Waals surface area contributed by atoms with Crippen molar-refractivity contribution < 1.29 is 0 Å². The fourth-order valence-electron chi connectivity index (χ4n) is 8.66. The first-order chi connectivity index (χ1) is 26.7. The zero-order valence-corrected chi connectivity index (χ0v) is 30.2. The lowest BCUT2D eigenvalue weighted by molar-refractivity contribution is 1.06.